The van der Waals surface area contributed by atoms with Gasteiger partial charge in [0.2, 0.25) is 0 Å². The Bertz CT molecular complexity index is 321. The van der Waals surface area contributed by atoms with Crippen LogP contribution < -0.4 is 11.1 Å². The molecule has 0 spiro atoms. The van der Waals surface area contributed by atoms with Crippen molar-refractivity contribution in [2.24, 2.45) is 17.6 Å². The van der Waals surface area contributed by atoms with E-state index in [9.17, 15) is 0 Å². The van der Waals surface area contributed by atoms with E-state index in [-0.39, 0.29) is 0 Å². The van der Waals surface area contributed by atoms with E-state index in [2.05, 4.69) is 23.0 Å². The van der Waals surface area contributed by atoms with Crippen LogP contribution in [0.2, 0.25) is 0 Å². The lowest BCUT2D eigenvalue weighted by Gasteiger charge is -2.18. The van der Waals surface area contributed by atoms with Crippen LogP contribution in [0.1, 0.15) is 30.4 Å². The van der Waals surface area contributed by atoms with Crippen molar-refractivity contribution < 1.29 is 0 Å². The summed E-state index contributed by atoms with van der Waals surface area (Å²) >= 11 is 1.79. The maximum absolute atomic E-state index is 5.79. The number of nitrogens with two attached hydrogens (primary N) is 1. The fourth-order valence-corrected chi connectivity index (χ4v) is 3.51. The second kappa shape index (κ2) is 5.80. The Hall–Kier alpha value is -0.380. The molecule has 0 radical (unpaired) electrons. The first-order chi connectivity index (χ1) is 7.81. The van der Waals surface area contributed by atoms with Gasteiger partial charge in [0, 0.05) is 6.54 Å². The third-order valence-corrected chi connectivity index (χ3v) is 4.71. The Morgan fingerprint density at radius 2 is 2.19 bits per heavy atom. The van der Waals surface area contributed by atoms with Crippen LogP contribution in [-0.4, -0.2) is 13.1 Å². The van der Waals surface area contributed by atoms with Crippen LogP contribution in [0.25, 0.3) is 0 Å². The third-order valence-electron chi connectivity index (χ3n) is 3.80. The molecule has 1 aromatic heterocycles. The zero-order valence-corrected chi connectivity index (χ0v) is 10.9. The predicted octanol–water partition coefficient (Wildman–Crippen LogP) is 2.52. The van der Waals surface area contributed by atoms with E-state index in [1.807, 2.05) is 0 Å². The van der Waals surface area contributed by atoms with Crippen molar-refractivity contribution in [1.82, 2.24) is 5.32 Å². The summed E-state index contributed by atoms with van der Waals surface area (Å²) in [6.45, 7) is 5.20. The molecule has 2 atom stereocenters. The fraction of sp³-hybridized carbons (Fsp3) is 0.692. The van der Waals surface area contributed by atoms with Gasteiger partial charge in [-0.05, 0) is 66.6 Å². The van der Waals surface area contributed by atoms with Crippen molar-refractivity contribution >= 4 is 11.3 Å². The largest absolute Gasteiger partial charge is 0.330 e. The molecule has 16 heavy (non-hydrogen) atoms. The number of rotatable bonds is 5. The average molecular weight is 238 g/mol. The minimum atomic E-state index is 0.760. The van der Waals surface area contributed by atoms with Crippen molar-refractivity contribution in [3.8, 4) is 0 Å². The molecule has 1 saturated carbocycles. The summed E-state index contributed by atoms with van der Waals surface area (Å²) in [5, 5.41) is 8.05. The van der Waals surface area contributed by atoms with Gasteiger partial charge in [-0.15, -0.1) is 0 Å². The van der Waals surface area contributed by atoms with Gasteiger partial charge in [-0.1, -0.05) is 6.42 Å². The number of hydrogen-bond acceptors (Lipinski definition) is 3. The average Bonchev–Trinajstić information content (AvgIpc) is 2.88. The lowest BCUT2D eigenvalue weighted by molar-refractivity contribution is 0.374. The molecule has 1 aliphatic carbocycles. The second-order valence-corrected chi connectivity index (χ2v) is 5.64. The first-order valence-electron chi connectivity index (χ1n) is 6.23. The van der Waals surface area contributed by atoms with E-state index in [1.165, 1.54) is 30.4 Å². The summed E-state index contributed by atoms with van der Waals surface area (Å²) in [6.07, 6.45) is 4.06. The van der Waals surface area contributed by atoms with Gasteiger partial charge in [-0.25, -0.2) is 0 Å². The lowest BCUT2D eigenvalue weighted by atomic mass is 9.96. The van der Waals surface area contributed by atoms with E-state index in [4.69, 9.17) is 5.73 Å². The van der Waals surface area contributed by atoms with Crippen molar-refractivity contribution in [3.05, 3.63) is 21.9 Å². The van der Waals surface area contributed by atoms with E-state index in [1.54, 1.807) is 11.3 Å². The zero-order valence-electron chi connectivity index (χ0n) is 10.0. The Morgan fingerprint density at radius 1 is 1.38 bits per heavy atom. The number of aryl methyl sites for hydroxylation is 1. The summed E-state index contributed by atoms with van der Waals surface area (Å²) in [7, 11) is 0. The molecule has 3 N–H and O–H groups in total. The van der Waals surface area contributed by atoms with Crippen LogP contribution in [0.3, 0.4) is 0 Å². The predicted molar refractivity (Wildman–Crippen MR) is 70.6 cm³/mol. The van der Waals surface area contributed by atoms with Crippen molar-refractivity contribution in [3.63, 3.8) is 0 Å². The van der Waals surface area contributed by atoms with E-state index < -0.39 is 0 Å². The lowest BCUT2D eigenvalue weighted by Crippen LogP contribution is -2.28. The Morgan fingerprint density at radius 3 is 2.88 bits per heavy atom. The van der Waals surface area contributed by atoms with Gasteiger partial charge in [-0.2, -0.15) is 11.3 Å². The molecule has 1 heterocycles. The SMILES string of the molecule is Cc1cscc1CNCC1CCCC1CN. The zero-order chi connectivity index (χ0) is 11.4. The molecule has 2 unspecified atom stereocenters. The Balaban J connectivity index is 1.74. The van der Waals surface area contributed by atoms with Crippen LogP contribution in [0.5, 0.6) is 0 Å². The number of nitrogens with one attached hydrogen (secondary N) is 1. The summed E-state index contributed by atoms with van der Waals surface area (Å²) in [5.41, 5.74) is 8.66. The molecule has 0 aliphatic heterocycles. The molecule has 3 heteroatoms. The van der Waals surface area contributed by atoms with Crippen LogP contribution >= 0.6 is 11.3 Å². The van der Waals surface area contributed by atoms with Crippen molar-refractivity contribution in [2.75, 3.05) is 13.1 Å². The van der Waals surface area contributed by atoms with E-state index in [0.29, 0.717) is 0 Å². The minimum Gasteiger partial charge on any atom is -0.330 e. The molecule has 90 valence electrons. The normalized spacial score (nSPS) is 25.1. The summed E-state index contributed by atoms with van der Waals surface area (Å²) in [5.74, 6) is 1.57. The number of thiophene rings is 1. The molecule has 2 rings (SSSR count). The van der Waals surface area contributed by atoms with Crippen LogP contribution in [-0.2, 0) is 6.54 Å². The molecule has 1 aliphatic rings. The van der Waals surface area contributed by atoms with Gasteiger partial charge < -0.3 is 11.1 Å². The van der Waals surface area contributed by atoms with Gasteiger partial charge in [0.05, 0.1) is 0 Å². The molecular weight excluding hydrogens is 216 g/mol. The Kier molecular flexibility index (Phi) is 4.38. The van der Waals surface area contributed by atoms with Gasteiger partial charge in [0.1, 0.15) is 0 Å². The highest BCUT2D eigenvalue weighted by Crippen LogP contribution is 2.30. The van der Waals surface area contributed by atoms with Gasteiger partial charge in [0.15, 0.2) is 0 Å². The molecule has 0 aromatic carbocycles. The topological polar surface area (TPSA) is 38.0 Å². The molecule has 0 amide bonds. The summed E-state index contributed by atoms with van der Waals surface area (Å²) in [6, 6.07) is 0. The van der Waals surface area contributed by atoms with E-state index in [0.717, 1.165) is 31.5 Å². The maximum Gasteiger partial charge on any atom is 0.0216 e. The highest BCUT2D eigenvalue weighted by molar-refractivity contribution is 7.08. The highest BCUT2D eigenvalue weighted by Gasteiger charge is 2.25. The molecule has 1 fully saturated rings. The van der Waals surface area contributed by atoms with Gasteiger partial charge in [-0.3, -0.25) is 0 Å². The monoisotopic (exact) mass is 238 g/mol. The molecule has 1 aromatic rings. The van der Waals surface area contributed by atoms with Gasteiger partial charge in [0.25, 0.3) is 0 Å². The number of hydrogen-bond donors (Lipinski definition) is 2. The minimum absolute atomic E-state index is 0.760. The maximum atomic E-state index is 5.79. The Labute approximate surface area is 102 Å². The van der Waals surface area contributed by atoms with Crippen LogP contribution in [0.15, 0.2) is 10.8 Å². The summed E-state index contributed by atoms with van der Waals surface area (Å²) in [4.78, 5) is 0. The molecule has 0 bridgehead atoms. The first-order valence-corrected chi connectivity index (χ1v) is 7.18. The molecule has 2 nitrogen and oxygen atoms in total. The smallest absolute Gasteiger partial charge is 0.0216 e. The summed E-state index contributed by atoms with van der Waals surface area (Å²) < 4.78 is 0. The molecule has 0 saturated heterocycles. The quantitative estimate of drug-likeness (QED) is 0.827. The van der Waals surface area contributed by atoms with Crippen LogP contribution in [0.4, 0.5) is 0 Å². The van der Waals surface area contributed by atoms with Gasteiger partial charge >= 0.3 is 0 Å². The second-order valence-electron chi connectivity index (χ2n) is 4.90. The highest BCUT2D eigenvalue weighted by atomic mass is 32.1. The van der Waals surface area contributed by atoms with Crippen molar-refractivity contribution in [2.45, 2.75) is 32.7 Å². The first kappa shape index (κ1) is 12.1. The third kappa shape index (κ3) is 2.84. The van der Waals surface area contributed by atoms with Crippen LogP contribution in [0, 0.1) is 18.8 Å². The molecular formula is C13H22N2S. The van der Waals surface area contributed by atoms with Crippen molar-refractivity contribution in [1.29, 1.82) is 0 Å². The standard InChI is InChI=1S/C13H22N2S/c1-10-8-16-9-13(10)7-15-6-12-4-2-3-11(12)5-14/h8-9,11-12,15H,2-7,14H2,1H3. The fourth-order valence-electron chi connectivity index (χ4n) is 2.65. The van der Waals surface area contributed by atoms with E-state index >= 15 is 0 Å².